The first-order valence-corrected chi connectivity index (χ1v) is 7.53. The van der Waals surface area contributed by atoms with Crippen molar-refractivity contribution in [2.75, 3.05) is 11.9 Å². The highest BCUT2D eigenvalue weighted by Gasteiger charge is 2.24. The second kappa shape index (κ2) is 5.65. The van der Waals surface area contributed by atoms with Crippen LogP contribution in [0.1, 0.15) is 56.3 Å². The monoisotopic (exact) mass is 270 g/mol. The first-order valence-electron chi connectivity index (χ1n) is 7.53. The van der Waals surface area contributed by atoms with E-state index in [0.29, 0.717) is 12.0 Å². The summed E-state index contributed by atoms with van der Waals surface area (Å²) in [4.78, 5) is 4.11. The van der Waals surface area contributed by atoms with Crippen molar-refractivity contribution in [3.8, 4) is 0 Å². The normalized spacial score (nSPS) is 19.2. The Kier molecular flexibility index (Phi) is 3.72. The summed E-state index contributed by atoms with van der Waals surface area (Å²) < 4.78 is 2.15. The fourth-order valence-corrected chi connectivity index (χ4v) is 2.96. The molecule has 2 unspecified atom stereocenters. The zero-order chi connectivity index (χ0) is 13.9. The van der Waals surface area contributed by atoms with E-state index < -0.39 is 0 Å². The van der Waals surface area contributed by atoms with E-state index in [1.807, 2.05) is 12.4 Å². The van der Waals surface area contributed by atoms with Crippen molar-refractivity contribution >= 4 is 5.82 Å². The largest absolute Gasteiger partial charge is 0.370 e. The van der Waals surface area contributed by atoms with Gasteiger partial charge >= 0.3 is 0 Å². The van der Waals surface area contributed by atoms with Crippen LogP contribution in [0.4, 0.5) is 5.82 Å². The maximum atomic E-state index is 4.86. The summed E-state index contributed by atoms with van der Waals surface area (Å²) in [5.74, 6) is 1.68. The van der Waals surface area contributed by atoms with Gasteiger partial charge < -0.3 is 5.32 Å². The molecule has 0 amide bonds. The minimum atomic E-state index is 0.330. The van der Waals surface area contributed by atoms with Crippen molar-refractivity contribution in [1.82, 2.24) is 14.8 Å². The Balaban J connectivity index is 1.93. The van der Waals surface area contributed by atoms with Crippen molar-refractivity contribution in [3.05, 3.63) is 41.9 Å². The molecule has 0 spiro atoms. The van der Waals surface area contributed by atoms with E-state index in [4.69, 9.17) is 5.10 Å². The smallest absolute Gasteiger partial charge is 0.125 e. The lowest BCUT2D eigenvalue weighted by Crippen LogP contribution is -2.24. The molecule has 0 aromatic carbocycles. The van der Waals surface area contributed by atoms with Crippen molar-refractivity contribution in [2.45, 2.75) is 45.1 Å². The van der Waals surface area contributed by atoms with Crippen LogP contribution < -0.4 is 5.32 Å². The summed E-state index contributed by atoms with van der Waals surface area (Å²) in [6.45, 7) is 5.49. The summed E-state index contributed by atoms with van der Waals surface area (Å²) in [5, 5.41) is 8.33. The molecular formula is C16H22N4. The predicted molar refractivity (Wildman–Crippen MR) is 81.0 cm³/mol. The molecule has 106 valence electrons. The molecule has 0 saturated heterocycles. The van der Waals surface area contributed by atoms with Crippen LogP contribution in [0.5, 0.6) is 0 Å². The highest BCUT2D eigenvalue weighted by atomic mass is 15.4. The average Bonchev–Trinajstić information content (AvgIpc) is 2.92. The van der Waals surface area contributed by atoms with E-state index in [2.05, 4.69) is 47.0 Å². The number of anilines is 1. The summed E-state index contributed by atoms with van der Waals surface area (Å²) in [7, 11) is 0. The highest BCUT2D eigenvalue weighted by Crippen LogP contribution is 2.32. The van der Waals surface area contributed by atoms with Gasteiger partial charge in [0.15, 0.2) is 0 Å². The predicted octanol–water partition coefficient (Wildman–Crippen LogP) is 3.59. The van der Waals surface area contributed by atoms with E-state index in [9.17, 15) is 0 Å². The van der Waals surface area contributed by atoms with Crippen LogP contribution in [0, 0.1) is 0 Å². The third-order valence-electron chi connectivity index (χ3n) is 4.09. The van der Waals surface area contributed by atoms with Gasteiger partial charge in [-0.15, -0.1) is 0 Å². The van der Waals surface area contributed by atoms with E-state index in [1.165, 1.54) is 24.1 Å². The fourth-order valence-electron chi connectivity index (χ4n) is 2.96. The lowest BCUT2D eigenvalue weighted by atomic mass is 10.0. The van der Waals surface area contributed by atoms with Crippen LogP contribution in [-0.4, -0.2) is 21.3 Å². The Hall–Kier alpha value is -1.84. The minimum Gasteiger partial charge on any atom is -0.370 e. The first kappa shape index (κ1) is 13.2. The van der Waals surface area contributed by atoms with Crippen molar-refractivity contribution in [2.24, 2.45) is 0 Å². The van der Waals surface area contributed by atoms with Gasteiger partial charge in [-0.05, 0) is 30.5 Å². The molecule has 3 heterocycles. The zero-order valence-electron chi connectivity index (χ0n) is 12.2. The van der Waals surface area contributed by atoms with Crippen LogP contribution >= 0.6 is 0 Å². The Morgan fingerprint density at radius 2 is 2.20 bits per heavy atom. The molecule has 1 aliphatic rings. The molecule has 1 N–H and O–H groups in total. The van der Waals surface area contributed by atoms with Gasteiger partial charge in [0, 0.05) is 30.9 Å². The quantitative estimate of drug-likeness (QED) is 0.923. The number of fused-ring (bicyclic) bond motifs is 1. The van der Waals surface area contributed by atoms with Crippen molar-refractivity contribution in [3.63, 3.8) is 0 Å². The van der Waals surface area contributed by atoms with Crippen LogP contribution in [0.15, 0.2) is 30.6 Å². The standard InChI is InChI=1S/C16H22N4/c1-3-4-12(2)14-11-16-18-10-7-15(20(16)19-14)13-5-8-17-9-6-13/h5-6,8-9,11-12,15,18H,3-4,7,10H2,1-2H3. The highest BCUT2D eigenvalue weighted by molar-refractivity contribution is 5.42. The van der Waals surface area contributed by atoms with Crippen molar-refractivity contribution in [1.29, 1.82) is 0 Å². The van der Waals surface area contributed by atoms with Crippen molar-refractivity contribution < 1.29 is 0 Å². The second-order valence-corrected chi connectivity index (χ2v) is 5.60. The lowest BCUT2D eigenvalue weighted by molar-refractivity contribution is 0.472. The van der Waals surface area contributed by atoms with Gasteiger partial charge in [-0.1, -0.05) is 20.3 Å². The Morgan fingerprint density at radius 1 is 1.40 bits per heavy atom. The minimum absolute atomic E-state index is 0.330. The van der Waals surface area contributed by atoms with Crippen LogP contribution in [0.2, 0.25) is 0 Å². The molecule has 0 radical (unpaired) electrons. The van der Waals surface area contributed by atoms with E-state index >= 15 is 0 Å². The third-order valence-corrected chi connectivity index (χ3v) is 4.09. The molecule has 2 aromatic heterocycles. The van der Waals surface area contributed by atoms with Gasteiger partial charge in [0.25, 0.3) is 0 Å². The lowest BCUT2D eigenvalue weighted by Gasteiger charge is -2.25. The Morgan fingerprint density at radius 3 is 2.95 bits per heavy atom. The van der Waals surface area contributed by atoms with E-state index in [0.717, 1.165) is 18.8 Å². The molecule has 1 aliphatic heterocycles. The van der Waals surface area contributed by atoms with Gasteiger partial charge in [0.05, 0.1) is 11.7 Å². The average molecular weight is 270 g/mol. The molecule has 3 rings (SSSR count). The Labute approximate surface area is 120 Å². The molecule has 2 atom stereocenters. The topological polar surface area (TPSA) is 42.7 Å². The molecular weight excluding hydrogens is 248 g/mol. The molecule has 0 fully saturated rings. The third kappa shape index (κ3) is 2.42. The van der Waals surface area contributed by atoms with Crippen LogP contribution in [0.25, 0.3) is 0 Å². The molecule has 0 bridgehead atoms. The molecule has 4 heteroatoms. The number of pyridine rings is 1. The summed E-state index contributed by atoms with van der Waals surface area (Å²) in [6.07, 6.45) is 7.18. The number of aromatic nitrogens is 3. The number of rotatable bonds is 4. The maximum absolute atomic E-state index is 4.86. The number of nitrogens with zero attached hydrogens (tertiary/aromatic N) is 3. The van der Waals surface area contributed by atoms with Gasteiger partial charge in [-0.3, -0.25) is 4.98 Å². The summed E-state index contributed by atoms with van der Waals surface area (Å²) >= 11 is 0. The molecule has 0 aliphatic carbocycles. The molecule has 2 aromatic rings. The zero-order valence-corrected chi connectivity index (χ0v) is 12.2. The number of hydrogen-bond acceptors (Lipinski definition) is 3. The van der Waals surface area contributed by atoms with Gasteiger partial charge in [0.1, 0.15) is 5.82 Å². The summed E-state index contributed by atoms with van der Waals surface area (Å²) in [5.41, 5.74) is 2.50. The van der Waals surface area contributed by atoms with E-state index in [-0.39, 0.29) is 0 Å². The molecule has 4 nitrogen and oxygen atoms in total. The van der Waals surface area contributed by atoms with Gasteiger partial charge in [-0.2, -0.15) is 5.10 Å². The van der Waals surface area contributed by atoms with Gasteiger partial charge in [-0.25, -0.2) is 4.68 Å². The van der Waals surface area contributed by atoms with E-state index in [1.54, 1.807) is 0 Å². The van der Waals surface area contributed by atoms with Crippen LogP contribution in [-0.2, 0) is 0 Å². The Bertz CT molecular complexity index is 561. The maximum Gasteiger partial charge on any atom is 0.125 e. The van der Waals surface area contributed by atoms with Crippen LogP contribution in [0.3, 0.4) is 0 Å². The molecule has 20 heavy (non-hydrogen) atoms. The number of nitrogens with one attached hydrogen (secondary N) is 1. The first-order chi connectivity index (χ1) is 9.79. The summed E-state index contributed by atoms with van der Waals surface area (Å²) in [6, 6.07) is 6.73. The second-order valence-electron chi connectivity index (χ2n) is 5.60. The number of hydrogen-bond donors (Lipinski definition) is 1. The van der Waals surface area contributed by atoms with Gasteiger partial charge in [0.2, 0.25) is 0 Å². The fraction of sp³-hybridized carbons (Fsp3) is 0.500. The molecule has 0 saturated carbocycles. The SMILES string of the molecule is CCCC(C)c1cc2n(n1)C(c1ccncc1)CCN2.